The van der Waals surface area contributed by atoms with E-state index in [0.29, 0.717) is 18.1 Å². The van der Waals surface area contributed by atoms with Gasteiger partial charge in [0.15, 0.2) is 16.5 Å². The molecule has 1 aliphatic rings. The molecule has 1 amide bonds. The molecule has 1 aromatic carbocycles. The van der Waals surface area contributed by atoms with E-state index in [1.165, 1.54) is 0 Å². The third-order valence-corrected chi connectivity index (χ3v) is 5.33. The molecule has 3 aromatic rings. The third kappa shape index (κ3) is 3.07. The lowest BCUT2D eigenvalue weighted by molar-refractivity contribution is 0.0897. The second kappa shape index (κ2) is 6.37. The molecule has 6 heteroatoms. The maximum atomic E-state index is 12.4. The maximum absolute atomic E-state index is 12.4. The molecule has 0 spiro atoms. The molecule has 0 radical (unpaired) electrons. The number of aliphatic hydroxyl groups excluding tert-OH is 1. The summed E-state index contributed by atoms with van der Waals surface area (Å²) in [6, 6.07) is 11.4. The van der Waals surface area contributed by atoms with Crippen LogP contribution in [0.3, 0.4) is 0 Å². The summed E-state index contributed by atoms with van der Waals surface area (Å²) in [6.07, 6.45) is 2.81. The molecule has 1 fully saturated rings. The van der Waals surface area contributed by atoms with Crippen molar-refractivity contribution in [2.45, 2.75) is 25.3 Å². The number of rotatable bonds is 6. The normalized spacial score (nSPS) is 15.5. The van der Waals surface area contributed by atoms with Crippen LogP contribution < -0.4 is 5.32 Å². The van der Waals surface area contributed by atoms with Crippen molar-refractivity contribution in [3.8, 4) is 10.8 Å². The average molecular weight is 342 g/mol. The van der Waals surface area contributed by atoms with Crippen molar-refractivity contribution in [2.75, 3.05) is 6.61 Å². The molecule has 124 valence electrons. The number of aliphatic hydroxyl groups is 1. The largest absolute Gasteiger partial charge is 0.448 e. The number of carbonyl (C=O) groups is 1. The Hall–Kier alpha value is -2.18. The molecule has 1 aliphatic carbocycles. The summed E-state index contributed by atoms with van der Waals surface area (Å²) in [6.45, 7) is 0.0799. The fourth-order valence-electron chi connectivity index (χ4n) is 2.86. The topological polar surface area (TPSA) is 75.4 Å². The van der Waals surface area contributed by atoms with Crippen LogP contribution >= 0.6 is 11.3 Å². The van der Waals surface area contributed by atoms with E-state index in [4.69, 9.17) is 9.52 Å². The summed E-state index contributed by atoms with van der Waals surface area (Å²) in [5, 5.41) is 12.9. The minimum absolute atomic E-state index is 0.0264. The van der Waals surface area contributed by atoms with Crippen molar-refractivity contribution in [1.29, 1.82) is 0 Å². The van der Waals surface area contributed by atoms with E-state index in [1.54, 1.807) is 23.5 Å². The predicted molar refractivity (Wildman–Crippen MR) is 93.0 cm³/mol. The van der Waals surface area contributed by atoms with Gasteiger partial charge in [-0.1, -0.05) is 12.1 Å². The molecule has 0 saturated heterocycles. The molecule has 0 aliphatic heterocycles. The van der Waals surface area contributed by atoms with Gasteiger partial charge < -0.3 is 14.8 Å². The number of thiazole rings is 1. The van der Waals surface area contributed by atoms with E-state index in [0.717, 1.165) is 28.1 Å². The van der Waals surface area contributed by atoms with E-state index in [9.17, 15) is 4.79 Å². The zero-order chi connectivity index (χ0) is 16.5. The van der Waals surface area contributed by atoms with Crippen molar-refractivity contribution in [1.82, 2.24) is 10.3 Å². The molecule has 1 unspecified atom stereocenters. The lowest BCUT2D eigenvalue weighted by Gasteiger charge is -2.15. The lowest BCUT2D eigenvalue weighted by atomic mass is 10.1. The number of benzene rings is 1. The molecule has 4 rings (SSSR count). The Bertz CT molecular complexity index is 833. The zero-order valence-electron chi connectivity index (χ0n) is 13.1. The average Bonchev–Trinajstić information content (AvgIpc) is 3.15. The molecule has 1 atom stereocenters. The van der Waals surface area contributed by atoms with Gasteiger partial charge in [-0.3, -0.25) is 4.79 Å². The first kappa shape index (κ1) is 15.4. The van der Waals surface area contributed by atoms with Crippen LogP contribution in [0.2, 0.25) is 0 Å². The second-order valence-corrected chi connectivity index (χ2v) is 7.11. The van der Waals surface area contributed by atoms with Crippen molar-refractivity contribution >= 4 is 27.5 Å². The first-order valence-electron chi connectivity index (χ1n) is 8.12. The molecule has 5 nitrogen and oxygen atoms in total. The highest BCUT2D eigenvalue weighted by molar-refractivity contribution is 7.21. The number of hydrogen-bond acceptors (Lipinski definition) is 5. The fourth-order valence-corrected chi connectivity index (χ4v) is 3.78. The molecule has 2 aromatic heterocycles. The van der Waals surface area contributed by atoms with Gasteiger partial charge in [0.2, 0.25) is 0 Å². The van der Waals surface area contributed by atoms with Gasteiger partial charge >= 0.3 is 0 Å². The van der Waals surface area contributed by atoms with Gasteiger partial charge in [-0.2, -0.15) is 0 Å². The minimum Gasteiger partial charge on any atom is -0.448 e. The van der Waals surface area contributed by atoms with E-state index >= 15 is 0 Å². The maximum Gasteiger partial charge on any atom is 0.287 e. The van der Waals surface area contributed by atoms with Gasteiger partial charge in [-0.05, 0) is 49.4 Å². The van der Waals surface area contributed by atoms with Crippen molar-refractivity contribution in [3.05, 3.63) is 42.2 Å². The number of nitrogens with one attached hydrogen (secondary N) is 1. The first-order valence-corrected chi connectivity index (χ1v) is 8.94. The standard InChI is InChI=1S/C18H18N2O3S/c21-10-9-12(11-5-6-11)19-17(22)14-7-8-15(23-14)18-20-13-3-1-2-4-16(13)24-18/h1-4,7-8,11-12,21H,5-6,9-10H2,(H,19,22). The highest BCUT2D eigenvalue weighted by Crippen LogP contribution is 2.34. The summed E-state index contributed by atoms with van der Waals surface area (Å²) in [5.41, 5.74) is 0.927. The predicted octanol–water partition coefficient (Wildman–Crippen LogP) is 3.45. The minimum atomic E-state index is -0.229. The smallest absolute Gasteiger partial charge is 0.287 e. The summed E-state index contributed by atoms with van der Waals surface area (Å²) < 4.78 is 6.80. The monoisotopic (exact) mass is 342 g/mol. The number of fused-ring (bicyclic) bond motifs is 1. The Balaban J connectivity index is 1.52. The van der Waals surface area contributed by atoms with Crippen LogP contribution in [0, 0.1) is 5.92 Å². The van der Waals surface area contributed by atoms with Crippen molar-refractivity contribution in [2.24, 2.45) is 5.92 Å². The molecule has 0 bridgehead atoms. The summed E-state index contributed by atoms with van der Waals surface area (Å²) >= 11 is 1.54. The number of carbonyl (C=O) groups excluding carboxylic acids is 1. The Morgan fingerprint density at radius 1 is 1.33 bits per heavy atom. The van der Waals surface area contributed by atoms with Crippen LogP contribution in [0.4, 0.5) is 0 Å². The second-order valence-electron chi connectivity index (χ2n) is 6.08. The number of amides is 1. The summed E-state index contributed by atoms with van der Waals surface area (Å²) in [4.78, 5) is 16.9. The zero-order valence-corrected chi connectivity index (χ0v) is 13.9. The first-order chi connectivity index (χ1) is 11.7. The molecule has 2 N–H and O–H groups in total. The van der Waals surface area contributed by atoms with Crippen molar-refractivity contribution in [3.63, 3.8) is 0 Å². The van der Waals surface area contributed by atoms with Crippen molar-refractivity contribution < 1.29 is 14.3 Å². The molecular weight excluding hydrogens is 324 g/mol. The Morgan fingerprint density at radius 3 is 2.92 bits per heavy atom. The van der Waals surface area contributed by atoms with Crippen LogP contribution in [0.5, 0.6) is 0 Å². The summed E-state index contributed by atoms with van der Waals surface area (Å²) in [5.74, 6) is 1.15. The van der Waals surface area contributed by atoms with E-state index in [2.05, 4.69) is 10.3 Å². The number of para-hydroxylation sites is 1. The molecular formula is C18H18N2O3S. The van der Waals surface area contributed by atoms with Gasteiger partial charge in [0, 0.05) is 12.6 Å². The van der Waals surface area contributed by atoms with Gasteiger partial charge in [0.05, 0.1) is 10.2 Å². The van der Waals surface area contributed by atoms with Gasteiger partial charge in [-0.25, -0.2) is 4.98 Å². The number of hydrogen-bond donors (Lipinski definition) is 2. The third-order valence-electron chi connectivity index (χ3n) is 4.28. The molecule has 2 heterocycles. The van der Waals surface area contributed by atoms with Gasteiger partial charge in [0.1, 0.15) is 0 Å². The fraction of sp³-hybridized carbons (Fsp3) is 0.333. The highest BCUT2D eigenvalue weighted by atomic mass is 32.1. The van der Waals surface area contributed by atoms with Crippen LogP contribution in [0.25, 0.3) is 21.0 Å². The van der Waals surface area contributed by atoms with Crippen LogP contribution in [-0.2, 0) is 0 Å². The Morgan fingerprint density at radius 2 is 2.17 bits per heavy atom. The SMILES string of the molecule is O=C(NC(CCO)C1CC1)c1ccc(-c2nc3ccccc3s2)o1. The van der Waals surface area contributed by atoms with Crippen LogP contribution in [-0.4, -0.2) is 28.6 Å². The summed E-state index contributed by atoms with van der Waals surface area (Å²) in [7, 11) is 0. The Kier molecular flexibility index (Phi) is 4.08. The Labute approximate surface area is 143 Å². The van der Waals surface area contributed by atoms with Crippen LogP contribution in [0.1, 0.15) is 29.8 Å². The molecule has 1 saturated carbocycles. The van der Waals surface area contributed by atoms with Crippen LogP contribution in [0.15, 0.2) is 40.8 Å². The van der Waals surface area contributed by atoms with E-state index < -0.39 is 0 Å². The van der Waals surface area contributed by atoms with E-state index in [-0.39, 0.29) is 24.3 Å². The highest BCUT2D eigenvalue weighted by Gasteiger charge is 2.32. The molecule has 24 heavy (non-hydrogen) atoms. The number of aromatic nitrogens is 1. The number of furan rings is 1. The number of nitrogens with zero attached hydrogens (tertiary/aromatic N) is 1. The van der Waals surface area contributed by atoms with E-state index in [1.807, 2.05) is 24.3 Å². The van der Waals surface area contributed by atoms with Gasteiger partial charge in [0.25, 0.3) is 5.91 Å². The lowest BCUT2D eigenvalue weighted by Crippen LogP contribution is -2.36. The van der Waals surface area contributed by atoms with Gasteiger partial charge in [-0.15, -0.1) is 11.3 Å². The quantitative estimate of drug-likeness (QED) is 0.719.